The molecule has 1 saturated carbocycles. The normalized spacial score (nSPS) is 14.8. The van der Waals surface area contributed by atoms with Crippen molar-refractivity contribution in [2.45, 2.75) is 25.8 Å². The van der Waals surface area contributed by atoms with E-state index in [1.807, 2.05) is 4.57 Å². The van der Waals surface area contributed by atoms with Gasteiger partial charge < -0.3 is 15.2 Å². The Morgan fingerprint density at radius 3 is 3.00 bits per heavy atom. The first-order chi connectivity index (χ1) is 9.79. The lowest BCUT2D eigenvalue weighted by atomic mass is 10.4. The monoisotopic (exact) mass is 277 g/mol. The second kappa shape index (κ2) is 5.62. The SMILES string of the molecule is COc1ncnc2c1nc(N)n2CCCOCC1CC1. The maximum absolute atomic E-state index is 5.94. The Labute approximate surface area is 117 Å². The van der Waals surface area contributed by atoms with Gasteiger partial charge in [0.1, 0.15) is 6.33 Å². The summed E-state index contributed by atoms with van der Waals surface area (Å²) in [6.07, 6.45) is 4.97. The Kier molecular flexibility index (Phi) is 3.68. The average molecular weight is 277 g/mol. The fourth-order valence-corrected chi connectivity index (χ4v) is 2.16. The van der Waals surface area contributed by atoms with Gasteiger partial charge in [0.15, 0.2) is 11.2 Å². The van der Waals surface area contributed by atoms with Crippen molar-refractivity contribution in [1.29, 1.82) is 0 Å². The van der Waals surface area contributed by atoms with E-state index in [4.69, 9.17) is 15.2 Å². The highest BCUT2D eigenvalue weighted by atomic mass is 16.5. The van der Waals surface area contributed by atoms with Crippen molar-refractivity contribution in [3.05, 3.63) is 6.33 Å². The van der Waals surface area contributed by atoms with Gasteiger partial charge in [0.2, 0.25) is 11.8 Å². The van der Waals surface area contributed by atoms with E-state index in [0.29, 0.717) is 23.0 Å². The number of aromatic nitrogens is 4. The molecule has 20 heavy (non-hydrogen) atoms. The number of hydrogen-bond donors (Lipinski definition) is 1. The van der Waals surface area contributed by atoms with E-state index in [2.05, 4.69) is 15.0 Å². The van der Waals surface area contributed by atoms with Crippen molar-refractivity contribution < 1.29 is 9.47 Å². The summed E-state index contributed by atoms with van der Waals surface area (Å²) < 4.78 is 12.7. The van der Waals surface area contributed by atoms with Gasteiger partial charge in [-0.3, -0.25) is 4.57 Å². The van der Waals surface area contributed by atoms with Crippen molar-refractivity contribution in [3.8, 4) is 5.88 Å². The van der Waals surface area contributed by atoms with E-state index in [9.17, 15) is 0 Å². The van der Waals surface area contributed by atoms with Gasteiger partial charge in [-0.1, -0.05) is 0 Å². The highest BCUT2D eigenvalue weighted by Crippen LogP contribution is 2.28. The van der Waals surface area contributed by atoms with E-state index in [1.54, 1.807) is 7.11 Å². The molecule has 2 aromatic heterocycles. The zero-order chi connectivity index (χ0) is 13.9. The summed E-state index contributed by atoms with van der Waals surface area (Å²) >= 11 is 0. The largest absolute Gasteiger partial charge is 0.479 e. The maximum Gasteiger partial charge on any atom is 0.245 e. The predicted molar refractivity (Wildman–Crippen MR) is 74.4 cm³/mol. The summed E-state index contributed by atoms with van der Waals surface area (Å²) in [5.41, 5.74) is 7.25. The van der Waals surface area contributed by atoms with E-state index in [1.165, 1.54) is 19.2 Å². The molecule has 0 bridgehead atoms. The number of nitrogen functional groups attached to an aromatic ring is 1. The molecule has 0 saturated heterocycles. The van der Waals surface area contributed by atoms with Gasteiger partial charge in [-0.15, -0.1) is 0 Å². The molecule has 1 aliphatic rings. The van der Waals surface area contributed by atoms with E-state index < -0.39 is 0 Å². The Morgan fingerprint density at radius 2 is 2.25 bits per heavy atom. The summed E-state index contributed by atoms with van der Waals surface area (Å²) in [5.74, 6) is 1.68. The van der Waals surface area contributed by atoms with Crippen molar-refractivity contribution in [2.24, 2.45) is 5.92 Å². The van der Waals surface area contributed by atoms with E-state index >= 15 is 0 Å². The minimum Gasteiger partial charge on any atom is -0.479 e. The Balaban J connectivity index is 1.65. The smallest absolute Gasteiger partial charge is 0.245 e. The van der Waals surface area contributed by atoms with Gasteiger partial charge in [-0.25, -0.2) is 9.97 Å². The van der Waals surface area contributed by atoms with Crippen LogP contribution in [0.25, 0.3) is 11.2 Å². The molecule has 3 rings (SSSR count). The van der Waals surface area contributed by atoms with Crippen LogP contribution in [0.2, 0.25) is 0 Å². The molecule has 1 aliphatic carbocycles. The fraction of sp³-hybridized carbons (Fsp3) is 0.615. The van der Waals surface area contributed by atoms with Crippen LogP contribution >= 0.6 is 0 Å². The average Bonchev–Trinajstić information content (AvgIpc) is 3.22. The number of nitrogens with two attached hydrogens (primary N) is 1. The molecule has 2 aromatic rings. The van der Waals surface area contributed by atoms with E-state index in [0.717, 1.165) is 32.1 Å². The first kappa shape index (κ1) is 13.1. The highest BCUT2D eigenvalue weighted by molar-refractivity contribution is 5.78. The second-order valence-electron chi connectivity index (χ2n) is 5.05. The van der Waals surface area contributed by atoms with Gasteiger partial charge in [-0.05, 0) is 25.2 Å². The molecule has 0 unspecified atom stereocenters. The van der Waals surface area contributed by atoms with Crippen LogP contribution < -0.4 is 10.5 Å². The van der Waals surface area contributed by atoms with Crippen molar-refractivity contribution in [2.75, 3.05) is 26.1 Å². The second-order valence-corrected chi connectivity index (χ2v) is 5.05. The lowest BCUT2D eigenvalue weighted by Crippen LogP contribution is -2.07. The zero-order valence-corrected chi connectivity index (χ0v) is 11.6. The van der Waals surface area contributed by atoms with Crippen molar-refractivity contribution in [1.82, 2.24) is 19.5 Å². The van der Waals surface area contributed by atoms with Crippen LogP contribution in [0.3, 0.4) is 0 Å². The molecule has 0 atom stereocenters. The maximum atomic E-state index is 5.94. The number of methoxy groups -OCH3 is 1. The molecule has 0 aliphatic heterocycles. The number of fused-ring (bicyclic) bond motifs is 1. The van der Waals surface area contributed by atoms with Crippen LogP contribution in [0.5, 0.6) is 5.88 Å². The standard InChI is InChI=1S/C13H19N5O2/c1-19-12-10-11(15-8-16-12)18(13(14)17-10)5-2-6-20-7-9-3-4-9/h8-9H,2-7H2,1H3,(H2,14,17). The minimum atomic E-state index is 0.431. The molecule has 7 nitrogen and oxygen atoms in total. The molecular formula is C13H19N5O2. The van der Waals surface area contributed by atoms with Crippen LogP contribution in [0.1, 0.15) is 19.3 Å². The molecule has 0 spiro atoms. The van der Waals surface area contributed by atoms with Crippen LogP contribution in [-0.4, -0.2) is 39.8 Å². The predicted octanol–water partition coefficient (Wildman–Crippen LogP) is 1.23. The lowest BCUT2D eigenvalue weighted by molar-refractivity contribution is 0.119. The van der Waals surface area contributed by atoms with Crippen molar-refractivity contribution in [3.63, 3.8) is 0 Å². The summed E-state index contributed by atoms with van der Waals surface area (Å²) in [4.78, 5) is 12.5. The highest BCUT2D eigenvalue weighted by Gasteiger charge is 2.21. The fourth-order valence-electron chi connectivity index (χ4n) is 2.16. The Hall–Kier alpha value is -1.89. The molecule has 2 heterocycles. The van der Waals surface area contributed by atoms with Gasteiger partial charge in [0.05, 0.1) is 7.11 Å². The molecule has 2 N–H and O–H groups in total. The van der Waals surface area contributed by atoms with Crippen LogP contribution in [0.15, 0.2) is 6.33 Å². The number of hydrogen-bond acceptors (Lipinski definition) is 6. The number of rotatable bonds is 7. The van der Waals surface area contributed by atoms with Crippen molar-refractivity contribution >= 4 is 17.1 Å². The first-order valence-electron chi connectivity index (χ1n) is 6.88. The number of imidazole rings is 1. The zero-order valence-electron chi connectivity index (χ0n) is 11.6. The summed E-state index contributed by atoms with van der Waals surface area (Å²) in [6, 6.07) is 0. The quantitative estimate of drug-likeness (QED) is 0.766. The van der Waals surface area contributed by atoms with Crippen LogP contribution in [0.4, 0.5) is 5.95 Å². The molecule has 0 radical (unpaired) electrons. The van der Waals surface area contributed by atoms with Crippen LogP contribution in [0, 0.1) is 5.92 Å². The molecule has 1 fully saturated rings. The molecular weight excluding hydrogens is 258 g/mol. The molecule has 0 amide bonds. The Morgan fingerprint density at radius 1 is 1.40 bits per heavy atom. The third kappa shape index (κ3) is 2.67. The number of ether oxygens (including phenoxy) is 2. The van der Waals surface area contributed by atoms with Crippen LogP contribution in [-0.2, 0) is 11.3 Å². The molecule has 7 heteroatoms. The van der Waals surface area contributed by atoms with Gasteiger partial charge in [0, 0.05) is 19.8 Å². The molecule has 108 valence electrons. The topological polar surface area (TPSA) is 88.1 Å². The number of aryl methyl sites for hydroxylation is 1. The third-order valence-corrected chi connectivity index (χ3v) is 3.44. The lowest BCUT2D eigenvalue weighted by Gasteiger charge is -2.06. The first-order valence-corrected chi connectivity index (χ1v) is 6.88. The summed E-state index contributed by atoms with van der Waals surface area (Å²) in [6.45, 7) is 2.35. The molecule has 0 aromatic carbocycles. The van der Waals surface area contributed by atoms with Gasteiger partial charge >= 0.3 is 0 Å². The number of nitrogens with zero attached hydrogens (tertiary/aromatic N) is 4. The minimum absolute atomic E-state index is 0.431. The third-order valence-electron chi connectivity index (χ3n) is 3.44. The van der Waals surface area contributed by atoms with Gasteiger partial charge in [-0.2, -0.15) is 4.98 Å². The Bertz CT molecular complexity index is 594. The van der Waals surface area contributed by atoms with E-state index in [-0.39, 0.29) is 0 Å². The van der Waals surface area contributed by atoms with Gasteiger partial charge in [0.25, 0.3) is 0 Å². The summed E-state index contributed by atoms with van der Waals surface area (Å²) in [5, 5.41) is 0. The summed E-state index contributed by atoms with van der Waals surface area (Å²) in [7, 11) is 1.56. The number of anilines is 1.